The van der Waals surface area contributed by atoms with Gasteiger partial charge in [-0.15, -0.1) is 0 Å². The second-order valence-electron chi connectivity index (χ2n) is 7.52. The van der Waals surface area contributed by atoms with E-state index in [9.17, 15) is 0 Å². The van der Waals surface area contributed by atoms with Crippen molar-refractivity contribution < 1.29 is 9.47 Å². The predicted octanol–water partition coefficient (Wildman–Crippen LogP) is 2.27. The molecule has 2 saturated heterocycles. The summed E-state index contributed by atoms with van der Waals surface area (Å²) in [6, 6.07) is 4.30. The van der Waals surface area contributed by atoms with Crippen LogP contribution in [0.25, 0.3) is 0 Å². The van der Waals surface area contributed by atoms with Crippen molar-refractivity contribution in [3.63, 3.8) is 0 Å². The third-order valence-electron chi connectivity index (χ3n) is 5.49. The number of pyridine rings is 1. The zero-order valence-corrected chi connectivity index (χ0v) is 17.4. The average Bonchev–Trinajstić information content (AvgIpc) is 3.28. The van der Waals surface area contributed by atoms with Crippen LogP contribution in [0.3, 0.4) is 0 Å². The maximum absolute atomic E-state index is 5.95. The molecule has 0 saturated carbocycles. The first-order chi connectivity index (χ1) is 13.8. The van der Waals surface area contributed by atoms with Crippen LogP contribution in [0.15, 0.2) is 23.3 Å². The van der Waals surface area contributed by atoms with E-state index in [2.05, 4.69) is 37.2 Å². The highest BCUT2D eigenvalue weighted by molar-refractivity contribution is 5.79. The minimum Gasteiger partial charge on any atom is -0.385 e. The summed E-state index contributed by atoms with van der Waals surface area (Å²) in [5.74, 6) is 2.06. The van der Waals surface area contributed by atoms with Crippen molar-refractivity contribution in [1.82, 2.24) is 15.2 Å². The van der Waals surface area contributed by atoms with Crippen LogP contribution in [-0.2, 0) is 16.0 Å². The Morgan fingerprint density at radius 2 is 1.96 bits per heavy atom. The SMILES string of the molecule is CN=C(NCc1ccc(N2CCCC2)nc1)N1CCC(OCCCOC)CC1. The van der Waals surface area contributed by atoms with Crippen molar-refractivity contribution in [2.45, 2.75) is 44.8 Å². The number of anilines is 1. The van der Waals surface area contributed by atoms with E-state index in [-0.39, 0.29) is 0 Å². The molecule has 156 valence electrons. The number of methoxy groups -OCH3 is 1. The van der Waals surface area contributed by atoms with E-state index < -0.39 is 0 Å². The molecule has 2 aliphatic heterocycles. The summed E-state index contributed by atoms with van der Waals surface area (Å²) in [7, 11) is 3.58. The first-order valence-corrected chi connectivity index (χ1v) is 10.6. The number of piperidine rings is 1. The summed E-state index contributed by atoms with van der Waals surface area (Å²) in [5, 5.41) is 3.48. The lowest BCUT2D eigenvalue weighted by molar-refractivity contribution is 0.00989. The quantitative estimate of drug-likeness (QED) is 0.418. The molecular formula is C21H35N5O2. The number of aliphatic imine (C=N–C) groups is 1. The number of aromatic nitrogens is 1. The molecule has 28 heavy (non-hydrogen) atoms. The number of nitrogens with zero attached hydrogens (tertiary/aromatic N) is 4. The number of guanidine groups is 1. The first-order valence-electron chi connectivity index (χ1n) is 10.6. The molecule has 0 aromatic carbocycles. The number of hydrogen-bond acceptors (Lipinski definition) is 5. The van der Waals surface area contributed by atoms with Gasteiger partial charge >= 0.3 is 0 Å². The van der Waals surface area contributed by atoms with Gasteiger partial charge in [0.1, 0.15) is 5.82 Å². The Kier molecular flexibility index (Phi) is 8.36. The Morgan fingerprint density at radius 1 is 1.18 bits per heavy atom. The molecule has 0 spiro atoms. The summed E-state index contributed by atoms with van der Waals surface area (Å²) in [6.07, 6.45) is 7.93. The predicted molar refractivity (Wildman–Crippen MR) is 113 cm³/mol. The smallest absolute Gasteiger partial charge is 0.193 e. The number of nitrogens with one attached hydrogen (secondary N) is 1. The Labute approximate surface area is 169 Å². The highest BCUT2D eigenvalue weighted by Gasteiger charge is 2.21. The van der Waals surface area contributed by atoms with Crippen molar-refractivity contribution in [3.8, 4) is 0 Å². The van der Waals surface area contributed by atoms with E-state index >= 15 is 0 Å². The third-order valence-corrected chi connectivity index (χ3v) is 5.49. The van der Waals surface area contributed by atoms with Crippen LogP contribution in [0.1, 0.15) is 37.7 Å². The van der Waals surface area contributed by atoms with Crippen molar-refractivity contribution in [3.05, 3.63) is 23.9 Å². The molecule has 1 aromatic rings. The van der Waals surface area contributed by atoms with E-state index in [0.717, 1.165) is 77.0 Å². The fourth-order valence-corrected chi connectivity index (χ4v) is 3.86. The molecule has 0 amide bonds. The minimum atomic E-state index is 0.355. The molecule has 7 heteroatoms. The van der Waals surface area contributed by atoms with Crippen LogP contribution in [-0.4, -0.2) is 75.5 Å². The number of likely N-dealkylation sites (tertiary alicyclic amines) is 1. The lowest BCUT2D eigenvalue weighted by atomic mass is 10.1. The van der Waals surface area contributed by atoms with Crippen LogP contribution in [0, 0.1) is 0 Å². The van der Waals surface area contributed by atoms with Crippen LogP contribution in [0.5, 0.6) is 0 Å². The normalized spacial score (nSPS) is 18.7. The maximum atomic E-state index is 5.95. The summed E-state index contributed by atoms with van der Waals surface area (Å²) < 4.78 is 11.0. The molecule has 0 aliphatic carbocycles. The van der Waals surface area contributed by atoms with Gasteiger partial charge < -0.3 is 24.6 Å². The molecule has 3 heterocycles. The Bertz CT molecular complexity index is 593. The van der Waals surface area contributed by atoms with Gasteiger partial charge in [0.2, 0.25) is 0 Å². The van der Waals surface area contributed by atoms with E-state index in [0.29, 0.717) is 6.10 Å². The summed E-state index contributed by atoms with van der Waals surface area (Å²) in [5.41, 5.74) is 1.18. The molecule has 7 nitrogen and oxygen atoms in total. The second kappa shape index (κ2) is 11.2. The Balaban J connectivity index is 1.40. The van der Waals surface area contributed by atoms with Crippen molar-refractivity contribution >= 4 is 11.8 Å². The number of hydrogen-bond donors (Lipinski definition) is 1. The molecule has 0 radical (unpaired) electrons. The van der Waals surface area contributed by atoms with Gasteiger partial charge in [0.05, 0.1) is 6.10 Å². The zero-order chi connectivity index (χ0) is 19.6. The molecule has 0 unspecified atom stereocenters. The highest BCUT2D eigenvalue weighted by atomic mass is 16.5. The maximum Gasteiger partial charge on any atom is 0.193 e. The van der Waals surface area contributed by atoms with Crippen LogP contribution in [0.4, 0.5) is 5.82 Å². The molecule has 1 N–H and O–H groups in total. The van der Waals surface area contributed by atoms with Gasteiger partial charge in [0.25, 0.3) is 0 Å². The van der Waals surface area contributed by atoms with Gasteiger partial charge in [-0.05, 0) is 43.7 Å². The topological polar surface area (TPSA) is 62.2 Å². The van der Waals surface area contributed by atoms with Crippen molar-refractivity contribution in [2.75, 3.05) is 58.5 Å². The van der Waals surface area contributed by atoms with Gasteiger partial charge in [-0.3, -0.25) is 4.99 Å². The van der Waals surface area contributed by atoms with Gasteiger partial charge in [-0.1, -0.05) is 6.07 Å². The Hall–Kier alpha value is -1.86. The van der Waals surface area contributed by atoms with Gasteiger partial charge in [0.15, 0.2) is 5.96 Å². The zero-order valence-electron chi connectivity index (χ0n) is 17.4. The van der Waals surface area contributed by atoms with E-state index in [4.69, 9.17) is 9.47 Å². The van der Waals surface area contributed by atoms with Crippen LogP contribution in [0.2, 0.25) is 0 Å². The molecule has 0 bridgehead atoms. The second-order valence-corrected chi connectivity index (χ2v) is 7.52. The summed E-state index contributed by atoms with van der Waals surface area (Å²) in [4.78, 5) is 13.8. The van der Waals surface area contributed by atoms with Crippen LogP contribution < -0.4 is 10.2 Å². The molecule has 1 aromatic heterocycles. The van der Waals surface area contributed by atoms with E-state index in [1.165, 1.54) is 18.4 Å². The third kappa shape index (κ3) is 6.07. The monoisotopic (exact) mass is 389 g/mol. The lowest BCUT2D eigenvalue weighted by Gasteiger charge is -2.34. The lowest BCUT2D eigenvalue weighted by Crippen LogP contribution is -2.46. The van der Waals surface area contributed by atoms with Gasteiger partial charge in [-0.2, -0.15) is 0 Å². The fourth-order valence-electron chi connectivity index (χ4n) is 3.86. The summed E-state index contributed by atoms with van der Waals surface area (Å²) in [6.45, 7) is 6.50. The molecule has 3 rings (SSSR count). The number of ether oxygens (including phenoxy) is 2. The molecule has 0 atom stereocenters. The molecule has 2 fully saturated rings. The van der Waals surface area contributed by atoms with Crippen LogP contribution >= 0.6 is 0 Å². The average molecular weight is 390 g/mol. The van der Waals surface area contributed by atoms with Gasteiger partial charge in [-0.25, -0.2) is 4.98 Å². The minimum absolute atomic E-state index is 0.355. The first kappa shape index (κ1) is 20.9. The molecule has 2 aliphatic rings. The summed E-state index contributed by atoms with van der Waals surface area (Å²) >= 11 is 0. The Morgan fingerprint density at radius 3 is 2.61 bits per heavy atom. The fraction of sp³-hybridized carbons (Fsp3) is 0.714. The standard InChI is InChI=1S/C21H35N5O2/c1-22-21(26-12-8-19(9-13-26)28-15-5-14-27-2)24-17-18-6-7-20(23-16-18)25-10-3-4-11-25/h6-7,16,19H,3-5,8-15,17H2,1-2H3,(H,22,24). The molecular weight excluding hydrogens is 354 g/mol. The largest absolute Gasteiger partial charge is 0.385 e. The van der Waals surface area contributed by atoms with E-state index in [1.807, 2.05) is 13.2 Å². The highest BCUT2D eigenvalue weighted by Crippen LogP contribution is 2.18. The van der Waals surface area contributed by atoms with Crippen molar-refractivity contribution in [2.24, 2.45) is 4.99 Å². The van der Waals surface area contributed by atoms with Gasteiger partial charge in [0, 0.05) is 66.3 Å². The van der Waals surface area contributed by atoms with E-state index in [1.54, 1.807) is 7.11 Å². The number of rotatable bonds is 8. The van der Waals surface area contributed by atoms with Crippen molar-refractivity contribution in [1.29, 1.82) is 0 Å².